The van der Waals surface area contributed by atoms with Crippen molar-refractivity contribution < 1.29 is 9.18 Å². The minimum Gasteiger partial charge on any atom is -0.318 e. The average Bonchev–Trinajstić information content (AvgIpc) is 3.20. The van der Waals surface area contributed by atoms with Crippen molar-refractivity contribution in [3.05, 3.63) is 119 Å². The van der Waals surface area contributed by atoms with Gasteiger partial charge < -0.3 is 14.8 Å². The van der Waals surface area contributed by atoms with Gasteiger partial charge in [0.15, 0.2) is 0 Å². The quantitative estimate of drug-likeness (QED) is 0.391. The lowest BCUT2D eigenvalue weighted by Gasteiger charge is -2.31. The van der Waals surface area contributed by atoms with Crippen molar-refractivity contribution in [3.63, 3.8) is 0 Å². The van der Waals surface area contributed by atoms with Gasteiger partial charge in [-0.3, -0.25) is 0 Å². The number of rotatable bonds is 2. The number of urea groups is 1. The minimum absolute atomic E-state index is 0.249. The maximum Gasteiger partial charge on any atom is 0.322 e. The summed E-state index contributed by atoms with van der Waals surface area (Å²) >= 11 is 5.98. The number of fused-ring (bicyclic) bond motifs is 3. The first-order valence-electron chi connectivity index (χ1n) is 9.94. The Morgan fingerprint density at radius 2 is 1.68 bits per heavy atom. The van der Waals surface area contributed by atoms with Crippen LogP contribution in [-0.2, 0) is 6.54 Å². The van der Waals surface area contributed by atoms with Crippen molar-refractivity contribution in [2.24, 2.45) is 0 Å². The van der Waals surface area contributed by atoms with Gasteiger partial charge in [0.1, 0.15) is 5.82 Å². The molecule has 0 aliphatic carbocycles. The fraction of sp³-hybridized carbons (Fsp3) is 0.0800. The van der Waals surface area contributed by atoms with Crippen molar-refractivity contribution in [3.8, 4) is 5.69 Å². The zero-order valence-electron chi connectivity index (χ0n) is 16.5. The van der Waals surface area contributed by atoms with Crippen molar-refractivity contribution in [1.29, 1.82) is 0 Å². The van der Waals surface area contributed by atoms with Gasteiger partial charge in [0, 0.05) is 22.6 Å². The monoisotopic (exact) mass is 431 g/mol. The summed E-state index contributed by atoms with van der Waals surface area (Å²) in [5.41, 5.74) is 4.47. The molecule has 0 saturated heterocycles. The zero-order valence-corrected chi connectivity index (χ0v) is 17.3. The van der Waals surface area contributed by atoms with Crippen LogP contribution in [0.3, 0.4) is 0 Å². The summed E-state index contributed by atoms with van der Waals surface area (Å²) in [7, 11) is 0. The largest absolute Gasteiger partial charge is 0.322 e. The van der Waals surface area contributed by atoms with Gasteiger partial charge >= 0.3 is 6.03 Å². The van der Waals surface area contributed by atoms with Crippen LogP contribution in [0.5, 0.6) is 0 Å². The lowest BCUT2D eigenvalue weighted by Crippen LogP contribution is -2.37. The van der Waals surface area contributed by atoms with Gasteiger partial charge in [-0.1, -0.05) is 41.9 Å². The Morgan fingerprint density at radius 3 is 2.45 bits per heavy atom. The Morgan fingerprint density at radius 1 is 0.935 bits per heavy atom. The molecule has 1 N–H and O–H groups in total. The first-order chi connectivity index (χ1) is 15.1. The molecule has 2 amide bonds. The third-order valence-electron chi connectivity index (χ3n) is 5.51. The number of benzene rings is 3. The van der Waals surface area contributed by atoms with E-state index >= 15 is 0 Å². The van der Waals surface area contributed by atoms with E-state index in [1.54, 1.807) is 41.3 Å². The molecule has 1 atom stereocenters. The molecule has 0 radical (unpaired) electrons. The molecule has 2 heterocycles. The normalized spacial score (nSPS) is 15.0. The van der Waals surface area contributed by atoms with Crippen LogP contribution in [0.15, 0.2) is 91.1 Å². The Labute approximate surface area is 184 Å². The Balaban J connectivity index is 1.62. The second-order valence-electron chi connectivity index (χ2n) is 7.45. The van der Waals surface area contributed by atoms with E-state index < -0.39 is 6.04 Å². The third-order valence-corrected chi connectivity index (χ3v) is 5.76. The van der Waals surface area contributed by atoms with Gasteiger partial charge in [-0.05, 0) is 65.7 Å². The number of hydrogen-bond donors (Lipinski definition) is 1. The maximum absolute atomic E-state index is 13.7. The number of para-hydroxylation sites is 1. The topological polar surface area (TPSA) is 37.3 Å². The molecule has 6 heteroatoms. The van der Waals surface area contributed by atoms with Gasteiger partial charge in [0.25, 0.3) is 0 Å². The molecule has 5 rings (SSSR count). The van der Waals surface area contributed by atoms with Crippen molar-refractivity contribution in [2.75, 3.05) is 5.32 Å². The van der Waals surface area contributed by atoms with Gasteiger partial charge in [0.2, 0.25) is 0 Å². The molecule has 0 saturated carbocycles. The standard InChI is InChI=1S/C25H19ClFN3O/c26-19-9-13-21(14-10-19)28-25(31)30-16-18-4-1-2-5-22(18)29-15-3-6-23(29)24(30)17-7-11-20(27)12-8-17/h1-15,24H,16H2,(H,28,31). The van der Waals surface area contributed by atoms with Crippen LogP contribution in [0.1, 0.15) is 22.9 Å². The molecule has 0 fully saturated rings. The Hall–Kier alpha value is -3.57. The van der Waals surface area contributed by atoms with Crippen LogP contribution in [0.25, 0.3) is 5.69 Å². The lowest BCUT2D eigenvalue weighted by molar-refractivity contribution is 0.194. The third kappa shape index (κ3) is 3.68. The molecule has 1 unspecified atom stereocenters. The highest BCUT2D eigenvalue weighted by Gasteiger charge is 2.33. The summed E-state index contributed by atoms with van der Waals surface area (Å²) in [5.74, 6) is -0.312. The summed E-state index contributed by atoms with van der Waals surface area (Å²) < 4.78 is 15.7. The SMILES string of the molecule is O=C(Nc1ccc(Cl)cc1)N1Cc2ccccc2-n2cccc2C1c1ccc(F)cc1. The molecule has 1 aliphatic rings. The number of halogens is 2. The molecule has 1 aromatic heterocycles. The van der Waals surface area contributed by atoms with Crippen LogP contribution in [0.4, 0.5) is 14.9 Å². The summed E-state index contributed by atoms with van der Waals surface area (Å²) in [5, 5.41) is 3.58. The summed E-state index contributed by atoms with van der Waals surface area (Å²) in [6.07, 6.45) is 1.99. The first-order valence-corrected chi connectivity index (χ1v) is 10.3. The van der Waals surface area contributed by atoms with E-state index in [1.807, 2.05) is 42.6 Å². The number of nitrogens with one attached hydrogen (secondary N) is 1. The predicted octanol–water partition coefficient (Wildman–Crippen LogP) is 6.41. The van der Waals surface area contributed by atoms with E-state index in [9.17, 15) is 9.18 Å². The van der Waals surface area contributed by atoms with Gasteiger partial charge in [-0.25, -0.2) is 9.18 Å². The Kier molecular flexibility index (Phi) is 4.96. The van der Waals surface area contributed by atoms with Crippen LogP contribution in [0.2, 0.25) is 5.02 Å². The highest BCUT2D eigenvalue weighted by Crippen LogP contribution is 2.37. The number of nitrogens with zero attached hydrogens (tertiary/aromatic N) is 2. The molecule has 31 heavy (non-hydrogen) atoms. The van der Waals surface area contributed by atoms with Gasteiger partial charge in [0.05, 0.1) is 18.3 Å². The highest BCUT2D eigenvalue weighted by atomic mass is 35.5. The van der Waals surface area contributed by atoms with Crippen LogP contribution < -0.4 is 5.32 Å². The first kappa shape index (κ1) is 19.4. The maximum atomic E-state index is 13.7. The summed E-state index contributed by atoms with van der Waals surface area (Å²) in [4.78, 5) is 15.3. The van der Waals surface area contributed by atoms with Crippen LogP contribution in [0, 0.1) is 5.82 Å². The van der Waals surface area contributed by atoms with E-state index in [1.165, 1.54) is 12.1 Å². The molecule has 1 aliphatic heterocycles. The molecule has 4 aromatic rings. The molecular formula is C25H19ClFN3O. The van der Waals surface area contributed by atoms with Crippen molar-refractivity contribution >= 4 is 23.3 Å². The van der Waals surface area contributed by atoms with E-state index in [2.05, 4.69) is 9.88 Å². The fourth-order valence-electron chi connectivity index (χ4n) is 4.06. The van der Waals surface area contributed by atoms with E-state index in [-0.39, 0.29) is 11.8 Å². The number of aromatic nitrogens is 1. The Bertz CT molecular complexity index is 1230. The minimum atomic E-state index is -0.393. The number of carbonyl (C=O) groups is 1. The second kappa shape index (κ2) is 7.93. The number of hydrogen-bond acceptors (Lipinski definition) is 1. The molecule has 0 spiro atoms. The number of anilines is 1. The highest BCUT2D eigenvalue weighted by molar-refractivity contribution is 6.30. The van der Waals surface area contributed by atoms with E-state index in [4.69, 9.17) is 11.6 Å². The lowest BCUT2D eigenvalue weighted by atomic mass is 10.0. The molecule has 0 bridgehead atoms. The second-order valence-corrected chi connectivity index (χ2v) is 7.89. The van der Waals surface area contributed by atoms with Gasteiger partial charge in [-0.15, -0.1) is 0 Å². The fourth-order valence-corrected chi connectivity index (χ4v) is 4.19. The molecule has 3 aromatic carbocycles. The molecule has 154 valence electrons. The van der Waals surface area contributed by atoms with Gasteiger partial charge in [-0.2, -0.15) is 0 Å². The molecular weight excluding hydrogens is 413 g/mol. The predicted molar refractivity (Wildman–Crippen MR) is 120 cm³/mol. The summed E-state index contributed by atoms with van der Waals surface area (Å²) in [6, 6.07) is 24.7. The van der Waals surface area contributed by atoms with Crippen LogP contribution in [-0.4, -0.2) is 15.5 Å². The smallest absolute Gasteiger partial charge is 0.318 e. The molecule has 4 nitrogen and oxygen atoms in total. The zero-order chi connectivity index (χ0) is 21.4. The summed E-state index contributed by atoms with van der Waals surface area (Å²) in [6.45, 7) is 0.402. The van der Waals surface area contributed by atoms with E-state index in [0.29, 0.717) is 17.3 Å². The number of carbonyl (C=O) groups excluding carboxylic acids is 1. The van der Waals surface area contributed by atoms with E-state index in [0.717, 1.165) is 22.5 Å². The number of amides is 2. The van der Waals surface area contributed by atoms with Crippen molar-refractivity contribution in [2.45, 2.75) is 12.6 Å². The van der Waals surface area contributed by atoms with Crippen LogP contribution >= 0.6 is 11.6 Å². The average molecular weight is 432 g/mol. The van der Waals surface area contributed by atoms with Crippen molar-refractivity contribution in [1.82, 2.24) is 9.47 Å².